The molecule has 0 amide bonds. The summed E-state index contributed by atoms with van der Waals surface area (Å²) in [4.78, 5) is 14.0. The van der Waals surface area contributed by atoms with Gasteiger partial charge in [0.2, 0.25) is 6.33 Å². The third-order valence-corrected chi connectivity index (χ3v) is 2.80. The molecule has 3 rings (SSSR count). The maximum Gasteiger partial charge on any atom is 0.247 e. The van der Waals surface area contributed by atoms with Crippen molar-refractivity contribution >= 4 is 17.3 Å². The van der Waals surface area contributed by atoms with Gasteiger partial charge in [0, 0.05) is 5.56 Å². The highest BCUT2D eigenvalue weighted by molar-refractivity contribution is 5.76. The maximum absolute atomic E-state index is 10.8. The Kier molecular flexibility index (Phi) is 2.22. The minimum atomic E-state index is 0.681. The zero-order valence-corrected chi connectivity index (χ0v) is 9.13. The molecule has 0 atom stereocenters. The van der Waals surface area contributed by atoms with E-state index in [-0.39, 0.29) is 0 Å². The number of fused-ring (bicyclic) bond motifs is 1. The maximum atomic E-state index is 10.8. The number of carbonyl (C=O) groups excluding carboxylic acids is 1. The molecule has 0 saturated carbocycles. The molecule has 1 heterocycles. The molecule has 2 aromatic carbocycles. The van der Waals surface area contributed by atoms with Crippen LogP contribution in [0.4, 0.5) is 0 Å². The highest BCUT2D eigenvalue weighted by Crippen LogP contribution is 2.10. The number of carbonyl (C=O) groups is 1. The molecule has 0 fully saturated rings. The van der Waals surface area contributed by atoms with Crippen LogP contribution in [0.5, 0.6) is 0 Å². The van der Waals surface area contributed by atoms with Crippen LogP contribution in [0.25, 0.3) is 16.7 Å². The second kappa shape index (κ2) is 3.87. The first-order valence-corrected chi connectivity index (χ1v) is 5.42. The Hall–Kier alpha value is -2.42. The second-order valence-electron chi connectivity index (χ2n) is 3.87. The molecule has 0 unspecified atom stereocenters. The average Bonchev–Trinajstić information content (AvgIpc) is 2.82. The van der Waals surface area contributed by atoms with Gasteiger partial charge < -0.3 is 0 Å². The van der Waals surface area contributed by atoms with Crippen molar-refractivity contribution in [1.29, 1.82) is 0 Å². The third kappa shape index (κ3) is 1.61. The minimum absolute atomic E-state index is 0.681. The van der Waals surface area contributed by atoms with Gasteiger partial charge in [0.05, 0.1) is 0 Å². The first-order chi connectivity index (χ1) is 8.38. The molecule has 0 radical (unpaired) electrons. The number of imidazole rings is 1. The fraction of sp³-hybridized carbons (Fsp3) is 0. The topological polar surface area (TPSA) is 36.7 Å². The number of aromatic nitrogens is 2. The second-order valence-corrected chi connectivity index (χ2v) is 3.87. The first kappa shape index (κ1) is 9.78. The molecular weight excluding hydrogens is 212 g/mol. The number of benzene rings is 2. The van der Waals surface area contributed by atoms with Crippen molar-refractivity contribution in [3.63, 3.8) is 0 Å². The van der Waals surface area contributed by atoms with Crippen LogP contribution < -0.4 is 4.57 Å². The predicted octanol–water partition coefficient (Wildman–Crippen LogP) is 2.26. The zero-order valence-electron chi connectivity index (χ0n) is 9.13. The molecule has 0 aliphatic rings. The molecule has 3 aromatic rings. The van der Waals surface area contributed by atoms with Crippen molar-refractivity contribution in [2.75, 3.05) is 0 Å². The van der Waals surface area contributed by atoms with E-state index < -0.39 is 0 Å². The lowest BCUT2D eigenvalue weighted by Gasteiger charge is -1.97. The van der Waals surface area contributed by atoms with Crippen LogP contribution in [0.3, 0.4) is 0 Å². The largest absolute Gasteiger partial charge is 0.298 e. The van der Waals surface area contributed by atoms with Gasteiger partial charge in [-0.25, -0.2) is 4.98 Å². The highest BCUT2D eigenvalue weighted by Gasteiger charge is 2.10. The standard InChI is InChI=1S/C14H10N2O/c17-9-11-4-3-5-12(8-11)16-10-15-13-6-1-2-7-14(13)16/h1-10H/p+1. The SMILES string of the molecule is O=Cc1cccc(-[n+]2c[nH]c3ccccc32)c1. The van der Waals surface area contributed by atoms with Gasteiger partial charge in [-0.2, -0.15) is 4.57 Å². The summed E-state index contributed by atoms with van der Waals surface area (Å²) in [6.45, 7) is 0. The Morgan fingerprint density at radius 3 is 2.82 bits per heavy atom. The lowest BCUT2D eigenvalue weighted by molar-refractivity contribution is -0.567. The molecular formula is C14H11N2O+. The molecule has 0 aliphatic heterocycles. The van der Waals surface area contributed by atoms with Crippen molar-refractivity contribution < 1.29 is 9.36 Å². The van der Waals surface area contributed by atoms with E-state index in [1.54, 1.807) is 6.07 Å². The van der Waals surface area contributed by atoms with Crippen LogP contribution in [0.1, 0.15) is 10.4 Å². The highest BCUT2D eigenvalue weighted by atomic mass is 16.1. The number of rotatable bonds is 2. The molecule has 82 valence electrons. The molecule has 1 aromatic heterocycles. The fourth-order valence-corrected chi connectivity index (χ4v) is 1.97. The van der Waals surface area contributed by atoms with Crippen molar-refractivity contribution in [1.82, 2.24) is 4.98 Å². The van der Waals surface area contributed by atoms with Crippen molar-refractivity contribution in [2.24, 2.45) is 0 Å². The molecule has 17 heavy (non-hydrogen) atoms. The van der Waals surface area contributed by atoms with Gasteiger partial charge in [-0.15, -0.1) is 0 Å². The van der Waals surface area contributed by atoms with Gasteiger partial charge in [0.1, 0.15) is 12.0 Å². The van der Waals surface area contributed by atoms with Gasteiger partial charge in [-0.3, -0.25) is 4.79 Å². The molecule has 0 spiro atoms. The van der Waals surface area contributed by atoms with Gasteiger partial charge in [0.15, 0.2) is 11.0 Å². The first-order valence-electron chi connectivity index (χ1n) is 5.42. The predicted molar refractivity (Wildman–Crippen MR) is 65.2 cm³/mol. The van der Waals surface area contributed by atoms with E-state index in [1.165, 1.54) is 0 Å². The molecule has 0 aliphatic carbocycles. The van der Waals surface area contributed by atoms with Gasteiger partial charge in [-0.05, 0) is 24.3 Å². The number of nitrogens with zero attached hydrogens (tertiary/aromatic N) is 1. The van der Waals surface area contributed by atoms with E-state index in [4.69, 9.17) is 0 Å². The molecule has 3 nitrogen and oxygen atoms in total. The summed E-state index contributed by atoms with van der Waals surface area (Å²) in [5.74, 6) is 0. The Bertz CT molecular complexity index is 685. The molecule has 0 saturated heterocycles. The number of aldehydes is 1. The lowest BCUT2D eigenvalue weighted by atomic mass is 10.2. The zero-order chi connectivity index (χ0) is 11.7. The smallest absolute Gasteiger partial charge is 0.247 e. The third-order valence-electron chi connectivity index (χ3n) is 2.80. The van der Waals surface area contributed by atoms with Crippen molar-refractivity contribution in [3.05, 3.63) is 60.4 Å². The number of nitrogens with one attached hydrogen (secondary N) is 1. The van der Waals surface area contributed by atoms with Crippen LogP contribution in [-0.2, 0) is 0 Å². The van der Waals surface area contributed by atoms with E-state index in [9.17, 15) is 4.79 Å². The van der Waals surface area contributed by atoms with Gasteiger partial charge in [0.25, 0.3) is 0 Å². The number of hydrogen-bond donors (Lipinski definition) is 1. The number of H-pyrrole nitrogens is 1. The monoisotopic (exact) mass is 223 g/mol. The van der Waals surface area contributed by atoms with E-state index in [1.807, 2.05) is 53.4 Å². The summed E-state index contributed by atoms with van der Waals surface area (Å²) < 4.78 is 2.03. The minimum Gasteiger partial charge on any atom is -0.298 e. The number of aromatic amines is 1. The Morgan fingerprint density at radius 2 is 1.94 bits per heavy atom. The van der Waals surface area contributed by atoms with E-state index in [2.05, 4.69) is 4.98 Å². The number of para-hydroxylation sites is 2. The van der Waals surface area contributed by atoms with E-state index in [0.29, 0.717) is 5.56 Å². The van der Waals surface area contributed by atoms with E-state index in [0.717, 1.165) is 23.0 Å². The molecule has 0 bridgehead atoms. The summed E-state index contributed by atoms with van der Waals surface area (Å²) in [5, 5.41) is 0. The lowest BCUT2D eigenvalue weighted by Crippen LogP contribution is -2.28. The summed E-state index contributed by atoms with van der Waals surface area (Å²) in [5.41, 5.74) is 3.83. The van der Waals surface area contributed by atoms with Gasteiger partial charge in [-0.1, -0.05) is 24.3 Å². The number of hydrogen-bond acceptors (Lipinski definition) is 1. The van der Waals surface area contributed by atoms with E-state index >= 15 is 0 Å². The average molecular weight is 223 g/mol. The summed E-state index contributed by atoms with van der Waals surface area (Å²) in [6.07, 6.45) is 2.76. The van der Waals surface area contributed by atoms with Gasteiger partial charge >= 0.3 is 0 Å². The van der Waals surface area contributed by atoms with Crippen LogP contribution >= 0.6 is 0 Å². The molecule has 1 N–H and O–H groups in total. The van der Waals surface area contributed by atoms with Crippen molar-refractivity contribution in [2.45, 2.75) is 0 Å². The van der Waals surface area contributed by atoms with Crippen LogP contribution in [-0.4, -0.2) is 11.3 Å². The quantitative estimate of drug-likeness (QED) is 0.525. The van der Waals surface area contributed by atoms with Crippen LogP contribution in [0.2, 0.25) is 0 Å². The Labute approximate surface area is 98.3 Å². The fourth-order valence-electron chi connectivity index (χ4n) is 1.97. The summed E-state index contributed by atoms with van der Waals surface area (Å²) in [6, 6.07) is 15.6. The van der Waals surface area contributed by atoms with Crippen LogP contribution in [0.15, 0.2) is 54.9 Å². The molecule has 3 heteroatoms. The van der Waals surface area contributed by atoms with Crippen LogP contribution in [0, 0.1) is 0 Å². The van der Waals surface area contributed by atoms with Crippen molar-refractivity contribution in [3.8, 4) is 5.69 Å². The normalized spacial score (nSPS) is 10.6. The Balaban J connectivity index is 2.23. The summed E-state index contributed by atoms with van der Waals surface area (Å²) in [7, 11) is 0. The summed E-state index contributed by atoms with van der Waals surface area (Å²) >= 11 is 0. The Morgan fingerprint density at radius 1 is 1.06 bits per heavy atom.